The van der Waals surface area contributed by atoms with E-state index < -0.39 is 0 Å². The van der Waals surface area contributed by atoms with Crippen LogP contribution in [0.15, 0.2) is 59.4 Å². The molecule has 1 aliphatic rings. The van der Waals surface area contributed by atoms with Crippen molar-refractivity contribution < 1.29 is 4.79 Å². The molecule has 2 N–H and O–H groups in total. The van der Waals surface area contributed by atoms with Crippen molar-refractivity contribution in [2.75, 3.05) is 44.2 Å². The minimum absolute atomic E-state index is 0.146. The fourth-order valence-corrected chi connectivity index (χ4v) is 4.01. The lowest BCUT2D eigenvalue weighted by atomic mass is 10.2. The largest absolute Gasteiger partial charge is 0.369 e. The summed E-state index contributed by atoms with van der Waals surface area (Å²) in [7, 11) is 0. The smallest absolute Gasteiger partial charge is 0.267 e. The molecule has 1 aromatic heterocycles. The number of aromatic amines is 1. The summed E-state index contributed by atoms with van der Waals surface area (Å²) in [4.78, 5) is 32.4. The van der Waals surface area contributed by atoms with Crippen LogP contribution in [-0.2, 0) is 0 Å². The highest BCUT2D eigenvalue weighted by Crippen LogP contribution is 2.20. The van der Waals surface area contributed by atoms with Crippen LogP contribution >= 0.6 is 11.6 Å². The van der Waals surface area contributed by atoms with Gasteiger partial charge < -0.3 is 15.2 Å². The highest BCUT2D eigenvalue weighted by atomic mass is 35.5. The molecule has 0 radical (unpaired) electrons. The number of pyridine rings is 1. The van der Waals surface area contributed by atoms with Crippen LogP contribution < -0.4 is 15.6 Å². The molecule has 156 valence electrons. The minimum atomic E-state index is -0.247. The minimum Gasteiger partial charge on any atom is -0.369 e. The zero-order valence-corrected chi connectivity index (χ0v) is 17.5. The van der Waals surface area contributed by atoms with E-state index in [-0.39, 0.29) is 11.3 Å². The van der Waals surface area contributed by atoms with E-state index >= 15 is 0 Å². The predicted molar refractivity (Wildman–Crippen MR) is 122 cm³/mol. The molecule has 0 unspecified atom stereocenters. The summed E-state index contributed by atoms with van der Waals surface area (Å²) in [6.45, 7) is 5.40. The maximum atomic E-state index is 12.4. The average Bonchev–Trinajstić information content (AvgIpc) is 2.77. The van der Waals surface area contributed by atoms with Crippen LogP contribution in [0.4, 0.5) is 5.69 Å². The molecule has 0 aliphatic carbocycles. The van der Waals surface area contributed by atoms with Gasteiger partial charge in [0.25, 0.3) is 5.91 Å². The van der Waals surface area contributed by atoms with Gasteiger partial charge in [0, 0.05) is 60.4 Å². The van der Waals surface area contributed by atoms with Gasteiger partial charge in [-0.05, 0) is 43.3 Å². The molecular weight excluding hydrogens is 400 g/mol. The van der Waals surface area contributed by atoms with Crippen LogP contribution in [0.5, 0.6) is 0 Å². The zero-order chi connectivity index (χ0) is 20.9. The standard InChI is InChI=1S/C23H25ClN4O2/c24-17-5-3-6-18(15-17)28-13-11-27(12-14-28)10-4-9-25-23(30)21-16-22(29)19-7-1-2-8-20(19)26-21/h1-3,5-8,15-16H,4,9-14H2,(H,25,30)(H,26,29). The van der Waals surface area contributed by atoms with E-state index in [4.69, 9.17) is 11.6 Å². The van der Waals surface area contributed by atoms with Crippen molar-refractivity contribution in [1.29, 1.82) is 0 Å². The Morgan fingerprint density at radius 2 is 1.83 bits per heavy atom. The molecular formula is C23H25ClN4O2. The number of nitrogens with one attached hydrogen (secondary N) is 2. The second-order valence-electron chi connectivity index (χ2n) is 7.51. The predicted octanol–water partition coefficient (Wildman–Crippen LogP) is 3.12. The summed E-state index contributed by atoms with van der Waals surface area (Å²) >= 11 is 6.09. The normalized spacial score (nSPS) is 14.8. The molecule has 0 atom stereocenters. The average molecular weight is 425 g/mol. The Labute approximate surface area is 180 Å². The second-order valence-corrected chi connectivity index (χ2v) is 7.95. The summed E-state index contributed by atoms with van der Waals surface area (Å²) in [5.41, 5.74) is 1.99. The van der Waals surface area contributed by atoms with Crippen molar-refractivity contribution in [1.82, 2.24) is 15.2 Å². The van der Waals surface area contributed by atoms with Crippen LogP contribution in [0.1, 0.15) is 16.9 Å². The van der Waals surface area contributed by atoms with Crippen LogP contribution in [0.2, 0.25) is 5.02 Å². The fraction of sp³-hybridized carbons (Fsp3) is 0.304. The molecule has 6 nitrogen and oxygen atoms in total. The summed E-state index contributed by atoms with van der Waals surface area (Å²) in [5, 5.41) is 4.26. The number of benzene rings is 2. The number of piperazine rings is 1. The molecule has 2 heterocycles. The van der Waals surface area contributed by atoms with E-state index in [9.17, 15) is 9.59 Å². The molecule has 0 saturated carbocycles. The maximum Gasteiger partial charge on any atom is 0.267 e. The van der Waals surface area contributed by atoms with Crippen molar-refractivity contribution >= 4 is 34.1 Å². The molecule has 0 bridgehead atoms. The van der Waals surface area contributed by atoms with Gasteiger partial charge in [-0.15, -0.1) is 0 Å². The van der Waals surface area contributed by atoms with Gasteiger partial charge in [0.1, 0.15) is 5.69 Å². The number of rotatable bonds is 6. The molecule has 2 aromatic carbocycles. The third kappa shape index (κ3) is 4.83. The van der Waals surface area contributed by atoms with Crippen molar-refractivity contribution in [3.8, 4) is 0 Å². The summed E-state index contributed by atoms with van der Waals surface area (Å²) in [6.07, 6.45) is 0.862. The molecule has 1 saturated heterocycles. The fourth-order valence-electron chi connectivity index (χ4n) is 3.82. The van der Waals surface area contributed by atoms with Crippen LogP contribution in [0, 0.1) is 0 Å². The number of halogens is 1. The number of aromatic nitrogens is 1. The molecule has 30 heavy (non-hydrogen) atoms. The van der Waals surface area contributed by atoms with Gasteiger partial charge >= 0.3 is 0 Å². The van der Waals surface area contributed by atoms with E-state index in [2.05, 4.69) is 26.2 Å². The number of hydrogen-bond donors (Lipinski definition) is 2. The molecule has 3 aromatic rings. The van der Waals surface area contributed by atoms with Crippen molar-refractivity contribution in [3.63, 3.8) is 0 Å². The SMILES string of the molecule is O=C(NCCCN1CCN(c2cccc(Cl)c2)CC1)c1cc(=O)c2ccccc2[nH]1. The van der Waals surface area contributed by atoms with Gasteiger partial charge in [-0.3, -0.25) is 14.5 Å². The molecule has 1 fully saturated rings. The number of nitrogens with zero attached hydrogens (tertiary/aromatic N) is 2. The first-order valence-corrected chi connectivity index (χ1v) is 10.6. The number of para-hydroxylation sites is 1. The van der Waals surface area contributed by atoms with Crippen LogP contribution in [-0.4, -0.2) is 55.1 Å². The van der Waals surface area contributed by atoms with E-state index in [0.29, 0.717) is 23.1 Å². The van der Waals surface area contributed by atoms with Gasteiger partial charge in [-0.2, -0.15) is 0 Å². The number of fused-ring (bicyclic) bond motifs is 1. The summed E-state index contributed by atoms with van der Waals surface area (Å²) in [5.74, 6) is -0.247. The topological polar surface area (TPSA) is 68.4 Å². The number of amides is 1. The Bertz CT molecular complexity index is 1090. The Kier molecular flexibility index (Phi) is 6.35. The van der Waals surface area contributed by atoms with Crippen molar-refractivity contribution in [3.05, 3.63) is 75.5 Å². The molecule has 7 heteroatoms. The highest BCUT2D eigenvalue weighted by molar-refractivity contribution is 6.30. The first-order chi connectivity index (χ1) is 14.6. The van der Waals surface area contributed by atoms with Crippen molar-refractivity contribution in [2.45, 2.75) is 6.42 Å². The summed E-state index contributed by atoms with van der Waals surface area (Å²) in [6, 6.07) is 16.5. The van der Waals surface area contributed by atoms with Gasteiger partial charge in [0.2, 0.25) is 0 Å². The Morgan fingerprint density at radius 1 is 1.03 bits per heavy atom. The van der Waals surface area contributed by atoms with Gasteiger partial charge in [0.05, 0.1) is 0 Å². The van der Waals surface area contributed by atoms with E-state index in [1.54, 1.807) is 12.1 Å². The molecule has 0 spiro atoms. The van der Waals surface area contributed by atoms with E-state index in [1.807, 2.05) is 30.3 Å². The molecule has 4 rings (SSSR count). The number of anilines is 1. The Hall–Kier alpha value is -2.83. The van der Waals surface area contributed by atoms with Crippen LogP contribution in [0.25, 0.3) is 10.9 Å². The molecule has 1 aliphatic heterocycles. The second kappa shape index (κ2) is 9.32. The quantitative estimate of drug-likeness (QED) is 0.596. The zero-order valence-electron chi connectivity index (χ0n) is 16.7. The third-order valence-corrected chi connectivity index (χ3v) is 5.70. The lowest BCUT2D eigenvalue weighted by Crippen LogP contribution is -2.47. The molecule has 1 amide bonds. The number of hydrogen-bond acceptors (Lipinski definition) is 4. The number of carbonyl (C=O) groups excluding carboxylic acids is 1. The highest BCUT2D eigenvalue weighted by Gasteiger charge is 2.17. The number of H-pyrrole nitrogens is 1. The van der Waals surface area contributed by atoms with Gasteiger partial charge in [-0.1, -0.05) is 29.8 Å². The lowest BCUT2D eigenvalue weighted by molar-refractivity contribution is 0.0946. The lowest BCUT2D eigenvalue weighted by Gasteiger charge is -2.36. The first kappa shape index (κ1) is 20.4. The van der Waals surface area contributed by atoms with Crippen molar-refractivity contribution in [2.24, 2.45) is 0 Å². The Morgan fingerprint density at radius 3 is 2.63 bits per heavy atom. The monoisotopic (exact) mass is 424 g/mol. The third-order valence-electron chi connectivity index (χ3n) is 5.46. The first-order valence-electron chi connectivity index (χ1n) is 10.2. The van der Waals surface area contributed by atoms with Gasteiger partial charge in [0.15, 0.2) is 5.43 Å². The van der Waals surface area contributed by atoms with Crippen LogP contribution in [0.3, 0.4) is 0 Å². The maximum absolute atomic E-state index is 12.4. The number of carbonyl (C=O) groups is 1. The van der Waals surface area contributed by atoms with E-state index in [0.717, 1.165) is 44.2 Å². The summed E-state index contributed by atoms with van der Waals surface area (Å²) < 4.78 is 0. The van der Waals surface area contributed by atoms with E-state index in [1.165, 1.54) is 11.8 Å². The Balaban J connectivity index is 1.22. The van der Waals surface area contributed by atoms with Gasteiger partial charge in [-0.25, -0.2) is 0 Å².